The van der Waals surface area contributed by atoms with Gasteiger partial charge in [-0.05, 0) is 81.4 Å². The molecule has 1 fully saturated rings. The molecule has 0 radical (unpaired) electrons. The van der Waals surface area contributed by atoms with Crippen LogP contribution in [0.15, 0.2) is 76.5 Å². The molecule has 0 aromatic heterocycles. The van der Waals surface area contributed by atoms with Gasteiger partial charge in [-0.1, -0.05) is 23.9 Å². The van der Waals surface area contributed by atoms with E-state index in [1.165, 1.54) is 23.9 Å². The first-order valence-corrected chi connectivity index (χ1v) is 14.8. The van der Waals surface area contributed by atoms with Crippen molar-refractivity contribution in [2.24, 2.45) is 0 Å². The first kappa shape index (κ1) is 28.6. The summed E-state index contributed by atoms with van der Waals surface area (Å²) in [6.45, 7) is 11.3. The number of nitrogens with one attached hydrogen (secondary N) is 1. The van der Waals surface area contributed by atoms with Gasteiger partial charge in [-0.25, -0.2) is 0 Å². The molecule has 1 N–H and O–H groups in total. The average Bonchev–Trinajstić information content (AvgIpc) is 2.93. The van der Waals surface area contributed by atoms with E-state index in [-0.39, 0.29) is 0 Å². The number of alkyl halides is 3. The smallest absolute Gasteiger partial charge is 0.416 e. The maximum atomic E-state index is 13.5. The van der Waals surface area contributed by atoms with Crippen LogP contribution in [0.3, 0.4) is 0 Å². The Kier molecular flexibility index (Phi) is 9.13. The zero-order chi connectivity index (χ0) is 28.1. The van der Waals surface area contributed by atoms with Gasteiger partial charge in [0.05, 0.1) is 16.9 Å². The van der Waals surface area contributed by atoms with Gasteiger partial charge in [-0.3, -0.25) is 4.90 Å². The van der Waals surface area contributed by atoms with Crippen LogP contribution in [0, 0.1) is 0 Å². The Morgan fingerprint density at radius 2 is 1.50 bits per heavy atom. The quantitative estimate of drug-likeness (QED) is 0.277. The number of hydrogen-bond donors (Lipinski definition) is 1. The molecule has 3 aromatic rings. The number of benzene rings is 3. The topological polar surface area (TPSA) is 31.0 Å². The SMILES string of the molecule is CC(C)Nc1ccc(OCCN2CCN(CCCN3c4ccccc4Sc4ccc(C(F)(F)F)cc43)CC2)cc1. The highest BCUT2D eigenvalue weighted by Crippen LogP contribution is 2.49. The Bertz CT molecular complexity index is 1260. The normalized spacial score (nSPS) is 16.1. The molecule has 1 saturated heterocycles. The summed E-state index contributed by atoms with van der Waals surface area (Å²) in [4.78, 5) is 8.89. The standard InChI is InChI=1S/C31H37F3N4OS/c1-23(2)35-25-9-11-26(12-10-25)39-21-20-37-18-16-36(17-19-37)14-5-15-38-27-6-3-4-7-29(27)40-30-13-8-24(22-28(30)38)31(32,33)34/h3-4,6-13,22-23,35H,5,14-21H2,1-2H3. The fourth-order valence-corrected chi connectivity index (χ4v) is 6.28. The molecule has 0 aliphatic carbocycles. The van der Waals surface area contributed by atoms with Crippen molar-refractivity contribution in [3.63, 3.8) is 0 Å². The lowest BCUT2D eigenvalue weighted by Crippen LogP contribution is -2.47. The molecule has 5 nitrogen and oxygen atoms in total. The van der Waals surface area contributed by atoms with Crippen LogP contribution in [-0.4, -0.2) is 68.3 Å². The van der Waals surface area contributed by atoms with Gasteiger partial charge in [0.1, 0.15) is 12.4 Å². The van der Waals surface area contributed by atoms with E-state index < -0.39 is 11.7 Å². The summed E-state index contributed by atoms with van der Waals surface area (Å²) in [5, 5.41) is 3.38. The molecule has 2 aliphatic heterocycles. The Hall–Kier alpha value is -2.88. The zero-order valence-electron chi connectivity index (χ0n) is 23.1. The second kappa shape index (κ2) is 12.7. The number of rotatable bonds is 10. The number of anilines is 3. The Morgan fingerprint density at radius 3 is 2.20 bits per heavy atom. The second-order valence-electron chi connectivity index (χ2n) is 10.6. The van der Waals surface area contributed by atoms with E-state index in [1.807, 2.05) is 48.5 Å². The minimum Gasteiger partial charge on any atom is -0.492 e. The molecule has 5 rings (SSSR count). The highest BCUT2D eigenvalue weighted by molar-refractivity contribution is 7.99. The predicted octanol–water partition coefficient (Wildman–Crippen LogP) is 7.22. The monoisotopic (exact) mass is 570 g/mol. The Balaban J connectivity index is 1.09. The van der Waals surface area contributed by atoms with E-state index in [9.17, 15) is 13.2 Å². The Labute approximate surface area is 239 Å². The molecule has 9 heteroatoms. The summed E-state index contributed by atoms with van der Waals surface area (Å²) >= 11 is 1.54. The van der Waals surface area contributed by atoms with Crippen molar-refractivity contribution >= 4 is 28.8 Å². The summed E-state index contributed by atoms with van der Waals surface area (Å²) < 4.78 is 46.4. The molecule has 2 aliphatic rings. The molecule has 0 bridgehead atoms. The van der Waals surface area contributed by atoms with Crippen molar-refractivity contribution in [1.29, 1.82) is 0 Å². The summed E-state index contributed by atoms with van der Waals surface area (Å²) in [5.74, 6) is 0.884. The first-order chi connectivity index (χ1) is 19.3. The molecule has 40 heavy (non-hydrogen) atoms. The number of piperazine rings is 1. The zero-order valence-corrected chi connectivity index (χ0v) is 23.9. The van der Waals surface area contributed by atoms with Crippen LogP contribution in [0.1, 0.15) is 25.8 Å². The average molecular weight is 571 g/mol. The number of fused-ring (bicyclic) bond motifs is 2. The molecule has 0 unspecified atom stereocenters. The van der Waals surface area contributed by atoms with Crippen LogP contribution in [0.5, 0.6) is 5.75 Å². The van der Waals surface area contributed by atoms with Gasteiger partial charge in [0.25, 0.3) is 0 Å². The number of hydrogen-bond acceptors (Lipinski definition) is 6. The Morgan fingerprint density at radius 1 is 0.825 bits per heavy atom. The highest BCUT2D eigenvalue weighted by atomic mass is 32.2. The van der Waals surface area contributed by atoms with Crippen LogP contribution in [0.4, 0.5) is 30.2 Å². The van der Waals surface area contributed by atoms with Gasteiger partial charge < -0.3 is 19.9 Å². The van der Waals surface area contributed by atoms with Gasteiger partial charge in [-0.2, -0.15) is 13.2 Å². The van der Waals surface area contributed by atoms with Crippen LogP contribution < -0.4 is 15.0 Å². The van der Waals surface area contributed by atoms with Gasteiger partial charge in [0.15, 0.2) is 0 Å². The molecule has 0 saturated carbocycles. The van der Waals surface area contributed by atoms with Gasteiger partial charge in [0, 0.05) is 60.8 Å². The molecule has 214 valence electrons. The van der Waals surface area contributed by atoms with Gasteiger partial charge >= 0.3 is 6.18 Å². The van der Waals surface area contributed by atoms with Crippen molar-refractivity contribution < 1.29 is 17.9 Å². The van der Waals surface area contributed by atoms with Gasteiger partial charge in [-0.15, -0.1) is 0 Å². The fraction of sp³-hybridized carbons (Fsp3) is 0.419. The fourth-order valence-electron chi connectivity index (χ4n) is 5.21. The third kappa shape index (κ3) is 7.25. The highest BCUT2D eigenvalue weighted by Gasteiger charge is 2.33. The van der Waals surface area contributed by atoms with E-state index in [4.69, 9.17) is 4.74 Å². The number of nitrogens with zero attached hydrogens (tertiary/aromatic N) is 3. The molecule has 3 aromatic carbocycles. The number of ether oxygens (including phenoxy) is 1. The van der Waals surface area contributed by atoms with E-state index in [0.29, 0.717) is 24.9 Å². The van der Waals surface area contributed by atoms with Crippen LogP contribution >= 0.6 is 11.8 Å². The summed E-state index contributed by atoms with van der Waals surface area (Å²) in [6.07, 6.45) is -3.48. The van der Waals surface area contributed by atoms with Crippen LogP contribution in [-0.2, 0) is 6.18 Å². The maximum Gasteiger partial charge on any atom is 0.416 e. The molecule has 2 heterocycles. The van der Waals surface area contributed by atoms with Crippen LogP contribution in [0.2, 0.25) is 0 Å². The minimum atomic E-state index is -4.36. The molecular weight excluding hydrogens is 533 g/mol. The minimum absolute atomic E-state index is 0.397. The van der Waals surface area contributed by atoms with Crippen molar-refractivity contribution in [3.8, 4) is 5.75 Å². The maximum absolute atomic E-state index is 13.5. The summed E-state index contributed by atoms with van der Waals surface area (Å²) in [5.41, 5.74) is 2.12. The molecule has 0 spiro atoms. The van der Waals surface area contributed by atoms with Crippen molar-refractivity contribution in [1.82, 2.24) is 9.80 Å². The molecular formula is C31H37F3N4OS. The van der Waals surface area contributed by atoms with E-state index in [0.717, 1.165) is 72.6 Å². The predicted molar refractivity (Wildman–Crippen MR) is 157 cm³/mol. The second-order valence-corrected chi connectivity index (χ2v) is 11.7. The largest absolute Gasteiger partial charge is 0.492 e. The van der Waals surface area contributed by atoms with Gasteiger partial charge in [0.2, 0.25) is 0 Å². The third-order valence-corrected chi connectivity index (χ3v) is 8.39. The van der Waals surface area contributed by atoms with Crippen molar-refractivity contribution in [3.05, 3.63) is 72.3 Å². The number of para-hydroxylation sites is 1. The van der Waals surface area contributed by atoms with E-state index >= 15 is 0 Å². The first-order valence-electron chi connectivity index (χ1n) is 14.0. The van der Waals surface area contributed by atoms with E-state index in [2.05, 4.69) is 33.9 Å². The lowest BCUT2D eigenvalue weighted by atomic mass is 10.1. The van der Waals surface area contributed by atoms with E-state index in [1.54, 1.807) is 6.07 Å². The van der Waals surface area contributed by atoms with Crippen LogP contribution in [0.25, 0.3) is 0 Å². The molecule has 0 amide bonds. The molecule has 0 atom stereocenters. The summed E-state index contributed by atoms with van der Waals surface area (Å²) in [6, 6.07) is 20.6. The number of halogens is 3. The lowest BCUT2D eigenvalue weighted by Gasteiger charge is -2.36. The van der Waals surface area contributed by atoms with Crippen molar-refractivity contribution in [2.45, 2.75) is 42.3 Å². The summed E-state index contributed by atoms with van der Waals surface area (Å²) in [7, 11) is 0. The third-order valence-electron chi connectivity index (χ3n) is 7.26. The van der Waals surface area contributed by atoms with Crippen molar-refractivity contribution in [2.75, 3.05) is 62.6 Å². The lowest BCUT2D eigenvalue weighted by molar-refractivity contribution is -0.137.